The fourth-order valence-electron chi connectivity index (χ4n) is 1.37. The van der Waals surface area contributed by atoms with Crippen molar-refractivity contribution >= 4 is 52.5 Å². The Morgan fingerprint density at radius 3 is 2.60 bits per heavy atom. The number of hydrogen-bond acceptors (Lipinski definition) is 3. The lowest BCUT2D eigenvalue weighted by Crippen LogP contribution is -2.30. The first-order valence-electron chi connectivity index (χ1n) is 4.29. The van der Waals surface area contributed by atoms with Crippen LogP contribution in [0.1, 0.15) is 0 Å². The number of thioether (sulfide) groups is 1. The van der Waals surface area contributed by atoms with Crippen molar-refractivity contribution in [3.8, 4) is 0 Å². The van der Waals surface area contributed by atoms with Crippen molar-refractivity contribution in [2.24, 2.45) is 4.99 Å². The normalized spacial score (nSPS) is 14.9. The summed E-state index contributed by atoms with van der Waals surface area (Å²) in [7, 11) is 0. The van der Waals surface area contributed by atoms with E-state index >= 15 is 0 Å². The van der Waals surface area contributed by atoms with Gasteiger partial charge in [-0.1, -0.05) is 30.0 Å². The highest BCUT2D eigenvalue weighted by atomic mass is 127. The molecule has 0 bridgehead atoms. The molecule has 5 heteroatoms. The minimum atomic E-state index is 0. The van der Waals surface area contributed by atoms with Crippen LogP contribution in [-0.4, -0.2) is 23.9 Å². The molecule has 0 atom stereocenters. The molecule has 0 N–H and O–H groups in total. The van der Waals surface area contributed by atoms with Gasteiger partial charge < -0.3 is 0 Å². The van der Waals surface area contributed by atoms with Crippen molar-refractivity contribution in [3.63, 3.8) is 0 Å². The highest BCUT2D eigenvalue weighted by Gasteiger charge is 2.25. The second kappa shape index (κ2) is 5.50. The van der Waals surface area contributed by atoms with E-state index in [-0.39, 0.29) is 36.4 Å². The summed E-state index contributed by atoms with van der Waals surface area (Å²) in [4.78, 5) is 17.3. The van der Waals surface area contributed by atoms with Crippen LogP contribution in [-0.2, 0) is 4.79 Å². The first-order chi connectivity index (χ1) is 6.83. The van der Waals surface area contributed by atoms with Crippen molar-refractivity contribution in [2.75, 3.05) is 17.7 Å². The van der Waals surface area contributed by atoms with E-state index in [1.165, 1.54) is 11.8 Å². The third-order valence-electron chi connectivity index (χ3n) is 1.99. The van der Waals surface area contributed by atoms with Crippen LogP contribution < -0.4 is 4.90 Å². The average molecular weight is 334 g/mol. The largest absolute Gasteiger partial charge is 0.272 e. The molecule has 1 heterocycles. The van der Waals surface area contributed by atoms with Crippen LogP contribution in [0.5, 0.6) is 0 Å². The third-order valence-corrected chi connectivity index (χ3v) is 2.66. The predicted molar refractivity (Wildman–Crippen MR) is 75.2 cm³/mol. The maximum atomic E-state index is 11.5. The molecule has 15 heavy (non-hydrogen) atoms. The van der Waals surface area contributed by atoms with Gasteiger partial charge in [-0.05, 0) is 18.4 Å². The standard InChI is InChI=1S/C10H10N2OS.HI/c1-14-10-11-7-9(13)12(10)8-5-3-2-4-6-8;/h2-6H,7H2,1H3;1H. The number of carbonyl (C=O) groups excluding carboxylic acids is 1. The first kappa shape index (κ1) is 12.5. The summed E-state index contributed by atoms with van der Waals surface area (Å²) in [5.41, 5.74) is 0.892. The van der Waals surface area contributed by atoms with Crippen molar-refractivity contribution in [2.45, 2.75) is 0 Å². The first-order valence-corrected chi connectivity index (χ1v) is 5.52. The molecule has 0 spiro atoms. The topological polar surface area (TPSA) is 32.7 Å². The van der Waals surface area contributed by atoms with Gasteiger partial charge in [0.05, 0.1) is 5.69 Å². The lowest BCUT2D eigenvalue weighted by molar-refractivity contribution is -0.115. The molecule has 0 aromatic heterocycles. The maximum absolute atomic E-state index is 11.5. The summed E-state index contributed by atoms with van der Waals surface area (Å²) in [5, 5.41) is 0.779. The minimum Gasteiger partial charge on any atom is -0.272 e. The molecule has 0 fully saturated rings. The van der Waals surface area contributed by atoms with Crippen LogP contribution in [0, 0.1) is 0 Å². The molecule has 0 radical (unpaired) electrons. The number of hydrogen-bond donors (Lipinski definition) is 0. The quantitative estimate of drug-likeness (QED) is 0.739. The fourth-order valence-corrected chi connectivity index (χ4v) is 1.95. The maximum Gasteiger partial charge on any atom is 0.254 e. The van der Waals surface area contributed by atoms with E-state index in [0.717, 1.165) is 10.9 Å². The van der Waals surface area contributed by atoms with Gasteiger partial charge >= 0.3 is 0 Å². The molecular weight excluding hydrogens is 323 g/mol. The molecule has 0 unspecified atom stereocenters. The number of carbonyl (C=O) groups is 1. The fraction of sp³-hybridized carbons (Fsp3) is 0.200. The lowest BCUT2D eigenvalue weighted by Gasteiger charge is -2.16. The third kappa shape index (κ3) is 2.52. The molecule has 2 rings (SSSR count). The Morgan fingerprint density at radius 1 is 1.33 bits per heavy atom. The van der Waals surface area contributed by atoms with E-state index in [0.29, 0.717) is 0 Å². The van der Waals surface area contributed by atoms with E-state index in [1.807, 2.05) is 36.6 Å². The van der Waals surface area contributed by atoms with Gasteiger partial charge in [0.15, 0.2) is 5.17 Å². The second-order valence-electron chi connectivity index (χ2n) is 2.87. The number of nitrogens with zero attached hydrogens (tertiary/aromatic N) is 2. The molecule has 1 aromatic carbocycles. The average Bonchev–Trinajstić information content (AvgIpc) is 2.61. The van der Waals surface area contributed by atoms with Crippen molar-refractivity contribution in [1.82, 2.24) is 0 Å². The summed E-state index contributed by atoms with van der Waals surface area (Å²) in [5.74, 6) is 0.0422. The summed E-state index contributed by atoms with van der Waals surface area (Å²) >= 11 is 1.49. The Balaban J connectivity index is 0.00000112. The summed E-state index contributed by atoms with van der Waals surface area (Å²) < 4.78 is 0. The van der Waals surface area contributed by atoms with Crippen LogP contribution in [0.25, 0.3) is 0 Å². The van der Waals surface area contributed by atoms with E-state index in [2.05, 4.69) is 4.99 Å². The van der Waals surface area contributed by atoms with Crippen LogP contribution in [0.3, 0.4) is 0 Å². The van der Waals surface area contributed by atoms with E-state index in [9.17, 15) is 4.79 Å². The van der Waals surface area contributed by atoms with Gasteiger partial charge in [-0.15, -0.1) is 24.0 Å². The smallest absolute Gasteiger partial charge is 0.254 e. The Kier molecular flexibility index (Phi) is 4.59. The number of halogens is 1. The molecule has 0 saturated carbocycles. The van der Waals surface area contributed by atoms with E-state index in [4.69, 9.17) is 0 Å². The number of rotatable bonds is 1. The van der Waals surface area contributed by atoms with Crippen LogP contribution in [0.15, 0.2) is 35.3 Å². The molecule has 1 aliphatic rings. The van der Waals surface area contributed by atoms with Gasteiger partial charge in [0.1, 0.15) is 6.54 Å². The number of benzene rings is 1. The van der Waals surface area contributed by atoms with Crippen LogP contribution in [0.2, 0.25) is 0 Å². The van der Waals surface area contributed by atoms with Gasteiger partial charge in [-0.25, -0.2) is 0 Å². The van der Waals surface area contributed by atoms with Crippen LogP contribution in [0.4, 0.5) is 5.69 Å². The lowest BCUT2D eigenvalue weighted by atomic mass is 10.3. The van der Waals surface area contributed by atoms with Crippen LogP contribution >= 0.6 is 35.7 Å². The van der Waals surface area contributed by atoms with E-state index in [1.54, 1.807) is 4.90 Å². The number of para-hydroxylation sites is 1. The van der Waals surface area contributed by atoms with Gasteiger partial charge in [0, 0.05) is 0 Å². The zero-order valence-electron chi connectivity index (χ0n) is 8.21. The molecule has 1 aliphatic heterocycles. The van der Waals surface area contributed by atoms with Crippen molar-refractivity contribution < 1.29 is 4.79 Å². The number of aliphatic imine (C=N–C) groups is 1. The highest BCUT2D eigenvalue weighted by Crippen LogP contribution is 2.21. The summed E-state index contributed by atoms with van der Waals surface area (Å²) in [6, 6.07) is 9.58. The van der Waals surface area contributed by atoms with Crippen molar-refractivity contribution in [3.05, 3.63) is 30.3 Å². The number of amidine groups is 1. The summed E-state index contributed by atoms with van der Waals surface area (Å²) in [6.07, 6.45) is 1.92. The van der Waals surface area contributed by atoms with Gasteiger partial charge in [0.2, 0.25) is 0 Å². The number of amides is 1. The minimum absolute atomic E-state index is 0. The Bertz CT molecular complexity index is 380. The van der Waals surface area contributed by atoms with Crippen molar-refractivity contribution in [1.29, 1.82) is 0 Å². The zero-order chi connectivity index (χ0) is 9.97. The second-order valence-corrected chi connectivity index (χ2v) is 3.64. The molecule has 80 valence electrons. The molecule has 0 saturated heterocycles. The Labute approximate surface area is 110 Å². The van der Waals surface area contributed by atoms with Gasteiger partial charge in [0.25, 0.3) is 5.91 Å². The Hall–Kier alpha value is -0.560. The summed E-state index contributed by atoms with van der Waals surface area (Å²) in [6.45, 7) is 0.269. The van der Waals surface area contributed by atoms with Gasteiger partial charge in [-0.2, -0.15) is 0 Å². The predicted octanol–water partition coefficient (Wildman–Crippen LogP) is 2.37. The zero-order valence-corrected chi connectivity index (χ0v) is 11.4. The molecular formula is C10H11IN2OS. The van der Waals surface area contributed by atoms with Gasteiger partial charge in [-0.3, -0.25) is 14.7 Å². The molecule has 3 nitrogen and oxygen atoms in total. The number of anilines is 1. The Morgan fingerprint density at radius 2 is 2.00 bits per heavy atom. The molecule has 1 aromatic rings. The highest BCUT2D eigenvalue weighted by molar-refractivity contribution is 14.0. The molecule has 0 aliphatic carbocycles. The van der Waals surface area contributed by atoms with E-state index < -0.39 is 0 Å². The molecule has 1 amide bonds. The monoisotopic (exact) mass is 334 g/mol. The SMILES string of the molecule is CSC1=NCC(=O)N1c1ccccc1.I.